The molecule has 0 amide bonds. The van der Waals surface area contributed by atoms with Crippen LogP contribution in [0, 0.1) is 10.1 Å². The molecule has 19 heavy (non-hydrogen) atoms. The van der Waals surface area contributed by atoms with Gasteiger partial charge >= 0.3 is 0 Å². The summed E-state index contributed by atoms with van der Waals surface area (Å²) in [4.78, 5) is 21.8. The van der Waals surface area contributed by atoms with E-state index in [1.807, 2.05) is 13.8 Å². The van der Waals surface area contributed by atoms with Crippen LogP contribution in [0.25, 0.3) is 0 Å². The van der Waals surface area contributed by atoms with E-state index >= 15 is 0 Å². The minimum Gasteiger partial charge on any atom is -0.376 e. The summed E-state index contributed by atoms with van der Waals surface area (Å²) in [7, 11) is 0. The Kier molecular flexibility index (Phi) is 6.11. The van der Waals surface area contributed by atoms with E-state index in [0.29, 0.717) is 13.2 Å². The highest BCUT2D eigenvalue weighted by Crippen LogP contribution is 2.13. The molecule has 1 aromatic carbocycles. The molecule has 0 fully saturated rings. The molecule has 0 aliphatic heterocycles. The standard InChI is InChI=1S/C13H17NO5/c1-10(2)19-7-6-18-9-13(15)11-4-3-5-12(8-11)14(16)17/h3-5,8,10H,6-7,9H2,1-2H3. The van der Waals surface area contributed by atoms with Gasteiger partial charge in [0.1, 0.15) is 6.61 Å². The minimum absolute atomic E-state index is 0.103. The average Bonchev–Trinajstić information content (AvgIpc) is 2.37. The van der Waals surface area contributed by atoms with Crippen LogP contribution in [0.1, 0.15) is 24.2 Å². The van der Waals surface area contributed by atoms with Gasteiger partial charge in [0.2, 0.25) is 0 Å². The molecule has 0 aliphatic rings. The number of hydrogen-bond donors (Lipinski definition) is 0. The topological polar surface area (TPSA) is 78.7 Å². The van der Waals surface area contributed by atoms with Crippen molar-refractivity contribution in [1.29, 1.82) is 0 Å². The molecule has 0 radical (unpaired) electrons. The second kappa shape index (κ2) is 7.60. The second-order valence-corrected chi connectivity index (χ2v) is 4.20. The molecule has 0 N–H and O–H groups in total. The number of nitrogens with zero attached hydrogens (tertiary/aromatic N) is 1. The van der Waals surface area contributed by atoms with Gasteiger partial charge in [0.05, 0.1) is 24.2 Å². The lowest BCUT2D eigenvalue weighted by Gasteiger charge is -2.07. The molecule has 0 spiro atoms. The summed E-state index contributed by atoms with van der Waals surface area (Å²) in [6, 6.07) is 5.60. The zero-order valence-corrected chi connectivity index (χ0v) is 11.0. The number of rotatable bonds is 8. The molecule has 0 unspecified atom stereocenters. The average molecular weight is 267 g/mol. The third-order valence-electron chi connectivity index (χ3n) is 2.29. The number of non-ortho nitro benzene ring substituents is 1. The third-order valence-corrected chi connectivity index (χ3v) is 2.29. The number of nitro benzene ring substituents is 1. The van der Waals surface area contributed by atoms with Crippen molar-refractivity contribution in [2.24, 2.45) is 0 Å². The molecule has 0 atom stereocenters. The maximum atomic E-state index is 11.7. The van der Waals surface area contributed by atoms with Gasteiger partial charge in [-0.3, -0.25) is 14.9 Å². The van der Waals surface area contributed by atoms with Crippen molar-refractivity contribution in [3.63, 3.8) is 0 Å². The van der Waals surface area contributed by atoms with Crippen molar-refractivity contribution in [1.82, 2.24) is 0 Å². The minimum atomic E-state index is -0.534. The highest BCUT2D eigenvalue weighted by atomic mass is 16.6. The molecule has 6 heteroatoms. The van der Waals surface area contributed by atoms with Crippen molar-refractivity contribution in [3.05, 3.63) is 39.9 Å². The molecule has 0 saturated heterocycles. The summed E-state index contributed by atoms with van der Waals surface area (Å²) in [5.74, 6) is -0.284. The molecule has 0 bridgehead atoms. The summed E-state index contributed by atoms with van der Waals surface area (Å²) < 4.78 is 10.4. The van der Waals surface area contributed by atoms with Crippen molar-refractivity contribution in [3.8, 4) is 0 Å². The second-order valence-electron chi connectivity index (χ2n) is 4.20. The smallest absolute Gasteiger partial charge is 0.270 e. The summed E-state index contributed by atoms with van der Waals surface area (Å²) in [6.45, 7) is 4.45. The zero-order chi connectivity index (χ0) is 14.3. The number of benzene rings is 1. The number of Topliss-reactive ketones (excluding diaryl/α,β-unsaturated/α-hetero) is 1. The number of ether oxygens (including phenoxy) is 2. The van der Waals surface area contributed by atoms with Gasteiger partial charge in [-0.1, -0.05) is 12.1 Å². The van der Waals surface area contributed by atoms with Gasteiger partial charge in [-0.2, -0.15) is 0 Å². The van der Waals surface area contributed by atoms with E-state index in [-0.39, 0.29) is 29.7 Å². The van der Waals surface area contributed by atoms with Crippen molar-refractivity contribution in [2.75, 3.05) is 19.8 Å². The van der Waals surface area contributed by atoms with Gasteiger partial charge in [0.15, 0.2) is 5.78 Å². The van der Waals surface area contributed by atoms with Crippen molar-refractivity contribution in [2.45, 2.75) is 20.0 Å². The van der Waals surface area contributed by atoms with Crippen LogP contribution in [0.3, 0.4) is 0 Å². The van der Waals surface area contributed by atoms with E-state index in [4.69, 9.17) is 9.47 Å². The Morgan fingerprint density at radius 3 is 2.74 bits per heavy atom. The van der Waals surface area contributed by atoms with Crippen molar-refractivity contribution >= 4 is 11.5 Å². The molecular formula is C13H17NO5. The number of carbonyl (C=O) groups is 1. The van der Waals surface area contributed by atoms with Crippen LogP contribution < -0.4 is 0 Å². The fraction of sp³-hybridized carbons (Fsp3) is 0.462. The molecular weight excluding hydrogens is 250 g/mol. The van der Waals surface area contributed by atoms with Gasteiger partial charge in [-0.05, 0) is 13.8 Å². The molecule has 0 heterocycles. The number of carbonyl (C=O) groups excluding carboxylic acids is 1. The maximum absolute atomic E-state index is 11.7. The van der Waals surface area contributed by atoms with E-state index in [0.717, 1.165) is 0 Å². The lowest BCUT2D eigenvalue weighted by molar-refractivity contribution is -0.384. The first-order chi connectivity index (χ1) is 9.00. The van der Waals surface area contributed by atoms with E-state index in [2.05, 4.69) is 0 Å². The molecule has 1 rings (SSSR count). The predicted molar refractivity (Wildman–Crippen MR) is 69.3 cm³/mol. The van der Waals surface area contributed by atoms with Gasteiger partial charge in [-0.25, -0.2) is 0 Å². The first kappa shape index (κ1) is 15.3. The first-order valence-corrected chi connectivity index (χ1v) is 5.97. The van der Waals surface area contributed by atoms with Gasteiger partial charge in [0.25, 0.3) is 5.69 Å². The summed E-state index contributed by atoms with van der Waals surface area (Å²) >= 11 is 0. The summed E-state index contributed by atoms with van der Waals surface area (Å²) in [5.41, 5.74) is 0.174. The van der Waals surface area contributed by atoms with Gasteiger partial charge in [-0.15, -0.1) is 0 Å². The molecule has 0 saturated carbocycles. The first-order valence-electron chi connectivity index (χ1n) is 5.97. The van der Waals surface area contributed by atoms with Crippen LogP contribution in [0.5, 0.6) is 0 Å². The quantitative estimate of drug-likeness (QED) is 0.312. The monoisotopic (exact) mass is 267 g/mol. The predicted octanol–water partition coefficient (Wildman–Crippen LogP) is 2.22. The van der Waals surface area contributed by atoms with Crippen LogP contribution in [0.2, 0.25) is 0 Å². The fourth-order valence-electron chi connectivity index (χ4n) is 1.38. The van der Waals surface area contributed by atoms with Gasteiger partial charge in [0, 0.05) is 17.7 Å². The third kappa shape index (κ3) is 5.58. The van der Waals surface area contributed by atoms with Crippen molar-refractivity contribution < 1.29 is 19.2 Å². The molecule has 104 valence electrons. The number of nitro groups is 1. The van der Waals surface area contributed by atoms with Gasteiger partial charge < -0.3 is 9.47 Å². The van der Waals surface area contributed by atoms with E-state index < -0.39 is 4.92 Å². The van der Waals surface area contributed by atoms with Crippen LogP contribution in [-0.4, -0.2) is 36.6 Å². The zero-order valence-electron chi connectivity index (χ0n) is 11.0. The van der Waals surface area contributed by atoms with Crippen LogP contribution in [-0.2, 0) is 9.47 Å². The molecule has 6 nitrogen and oxygen atoms in total. The number of ketones is 1. The molecule has 0 aliphatic carbocycles. The Balaban J connectivity index is 2.41. The van der Waals surface area contributed by atoms with E-state index in [1.54, 1.807) is 0 Å². The largest absolute Gasteiger partial charge is 0.376 e. The molecule has 0 aromatic heterocycles. The Bertz CT molecular complexity index is 444. The van der Waals surface area contributed by atoms with Crippen LogP contribution >= 0.6 is 0 Å². The Labute approximate surface area is 111 Å². The maximum Gasteiger partial charge on any atom is 0.270 e. The lowest BCUT2D eigenvalue weighted by atomic mass is 10.1. The highest BCUT2D eigenvalue weighted by molar-refractivity contribution is 5.97. The van der Waals surface area contributed by atoms with E-state index in [9.17, 15) is 14.9 Å². The van der Waals surface area contributed by atoms with Crippen LogP contribution in [0.15, 0.2) is 24.3 Å². The lowest BCUT2D eigenvalue weighted by Crippen LogP contribution is -2.14. The summed E-state index contributed by atoms with van der Waals surface area (Å²) in [5, 5.41) is 10.6. The normalized spacial score (nSPS) is 10.7. The SMILES string of the molecule is CC(C)OCCOCC(=O)c1cccc([N+](=O)[O-])c1. The number of hydrogen-bond acceptors (Lipinski definition) is 5. The fourth-order valence-corrected chi connectivity index (χ4v) is 1.38. The highest BCUT2D eigenvalue weighted by Gasteiger charge is 2.11. The Hall–Kier alpha value is -1.79. The van der Waals surface area contributed by atoms with Crippen LogP contribution in [0.4, 0.5) is 5.69 Å². The Morgan fingerprint density at radius 2 is 2.11 bits per heavy atom. The van der Waals surface area contributed by atoms with E-state index in [1.165, 1.54) is 24.3 Å². The summed E-state index contributed by atoms with van der Waals surface area (Å²) in [6.07, 6.45) is 0.121. The Morgan fingerprint density at radius 1 is 1.37 bits per heavy atom. The molecule has 1 aromatic rings.